The van der Waals surface area contributed by atoms with Gasteiger partial charge in [0.25, 0.3) is 5.56 Å². The van der Waals surface area contributed by atoms with E-state index in [-0.39, 0.29) is 10.8 Å². The maximum absolute atomic E-state index is 12.7. The van der Waals surface area contributed by atoms with Crippen LogP contribution in [0, 0.1) is 0 Å². The third kappa shape index (κ3) is 3.97. The molecule has 4 rings (SSSR count). The average Bonchev–Trinajstić information content (AvgIpc) is 3.35. The van der Waals surface area contributed by atoms with Crippen LogP contribution in [0.2, 0.25) is 5.02 Å². The van der Waals surface area contributed by atoms with Gasteiger partial charge in [-0.05, 0) is 31.2 Å². The topological polar surface area (TPSA) is 68.1 Å². The molecule has 0 saturated heterocycles. The number of halogens is 1. The summed E-state index contributed by atoms with van der Waals surface area (Å²) in [5.41, 5.74) is 0.631. The number of fused-ring (bicyclic) bond motifs is 1. The van der Waals surface area contributed by atoms with Crippen molar-refractivity contribution in [2.75, 3.05) is 12.4 Å². The molecular weight excluding hydrogens is 416 g/mol. The van der Waals surface area contributed by atoms with Crippen LogP contribution in [-0.4, -0.2) is 22.3 Å². The molecule has 0 aliphatic carbocycles. The standard InChI is InChI=1S/C20H17ClN2O3S2/c1-12(27-10-9-26-16-6-3-2-5-14(16)21)18-22-19(24)17-13(11-28-20(17)23-18)15-7-4-8-25-15/h2-8,11-12H,9-10H2,1H3,(H,22,23,24). The van der Waals surface area contributed by atoms with Crippen molar-refractivity contribution in [1.29, 1.82) is 0 Å². The first-order chi connectivity index (χ1) is 13.6. The summed E-state index contributed by atoms with van der Waals surface area (Å²) in [5, 5.41) is 3.11. The minimum absolute atomic E-state index is 0.0288. The lowest BCUT2D eigenvalue weighted by Crippen LogP contribution is -2.13. The number of thiophene rings is 1. The third-order valence-electron chi connectivity index (χ3n) is 4.18. The molecule has 5 nitrogen and oxygen atoms in total. The fourth-order valence-electron chi connectivity index (χ4n) is 2.79. The van der Waals surface area contributed by atoms with E-state index in [1.807, 2.05) is 36.6 Å². The predicted molar refractivity (Wildman–Crippen MR) is 116 cm³/mol. The molecule has 28 heavy (non-hydrogen) atoms. The van der Waals surface area contributed by atoms with Gasteiger partial charge < -0.3 is 14.1 Å². The number of thioether (sulfide) groups is 1. The Hall–Kier alpha value is -2.22. The molecule has 0 saturated carbocycles. The maximum atomic E-state index is 12.7. The van der Waals surface area contributed by atoms with Gasteiger partial charge in [-0.2, -0.15) is 0 Å². The Morgan fingerprint density at radius 2 is 2.18 bits per heavy atom. The summed E-state index contributed by atoms with van der Waals surface area (Å²) in [7, 11) is 0. The SMILES string of the molecule is CC(SCCOc1ccccc1Cl)c1nc2scc(-c3ccco3)c2c(=O)[nH]1. The molecule has 8 heteroatoms. The lowest BCUT2D eigenvalue weighted by Gasteiger charge is -2.12. The maximum Gasteiger partial charge on any atom is 0.260 e. The van der Waals surface area contributed by atoms with Crippen molar-refractivity contribution < 1.29 is 9.15 Å². The molecule has 0 radical (unpaired) electrons. The summed E-state index contributed by atoms with van der Waals surface area (Å²) in [5.74, 6) is 2.75. The van der Waals surface area contributed by atoms with E-state index in [1.54, 1.807) is 30.2 Å². The van der Waals surface area contributed by atoms with Crippen molar-refractivity contribution in [3.8, 4) is 17.1 Å². The van der Waals surface area contributed by atoms with E-state index >= 15 is 0 Å². The van der Waals surface area contributed by atoms with E-state index in [0.717, 1.165) is 11.3 Å². The zero-order chi connectivity index (χ0) is 19.5. The van der Waals surface area contributed by atoms with E-state index < -0.39 is 0 Å². The van der Waals surface area contributed by atoms with Crippen LogP contribution < -0.4 is 10.3 Å². The second kappa shape index (κ2) is 8.43. The summed E-state index contributed by atoms with van der Waals surface area (Å²) in [6, 6.07) is 11.0. The first-order valence-electron chi connectivity index (χ1n) is 8.67. The van der Waals surface area contributed by atoms with Crippen LogP contribution in [0.4, 0.5) is 0 Å². The highest BCUT2D eigenvalue weighted by molar-refractivity contribution is 7.99. The van der Waals surface area contributed by atoms with Crippen molar-refractivity contribution in [2.24, 2.45) is 0 Å². The van der Waals surface area contributed by atoms with Gasteiger partial charge in [0.15, 0.2) is 0 Å². The Morgan fingerprint density at radius 1 is 1.32 bits per heavy atom. The van der Waals surface area contributed by atoms with Crippen molar-refractivity contribution in [1.82, 2.24) is 9.97 Å². The number of nitrogens with zero attached hydrogens (tertiary/aromatic N) is 1. The molecule has 144 valence electrons. The van der Waals surface area contributed by atoms with Gasteiger partial charge in [0.2, 0.25) is 0 Å². The van der Waals surface area contributed by atoms with Crippen LogP contribution in [0.25, 0.3) is 21.5 Å². The number of hydrogen-bond acceptors (Lipinski definition) is 6. The highest BCUT2D eigenvalue weighted by atomic mass is 35.5. The summed E-state index contributed by atoms with van der Waals surface area (Å²) < 4.78 is 11.1. The number of H-pyrrole nitrogens is 1. The molecule has 0 spiro atoms. The molecule has 3 heterocycles. The minimum Gasteiger partial charge on any atom is -0.491 e. The molecule has 0 bridgehead atoms. The van der Waals surface area contributed by atoms with Crippen LogP contribution in [-0.2, 0) is 0 Å². The molecule has 0 aliphatic heterocycles. The van der Waals surface area contributed by atoms with Gasteiger partial charge in [-0.1, -0.05) is 23.7 Å². The van der Waals surface area contributed by atoms with Crippen molar-refractivity contribution in [3.05, 3.63) is 69.2 Å². The van der Waals surface area contributed by atoms with E-state index in [4.69, 9.17) is 20.8 Å². The molecule has 0 aliphatic rings. The fourth-order valence-corrected chi connectivity index (χ4v) is 4.72. The number of aromatic nitrogens is 2. The van der Waals surface area contributed by atoms with Gasteiger partial charge in [0.05, 0.1) is 28.5 Å². The zero-order valence-electron chi connectivity index (χ0n) is 15.0. The largest absolute Gasteiger partial charge is 0.491 e. The second-order valence-corrected chi connectivity index (χ2v) is 8.76. The molecule has 1 atom stereocenters. The van der Waals surface area contributed by atoms with E-state index in [9.17, 15) is 4.79 Å². The first-order valence-corrected chi connectivity index (χ1v) is 11.0. The average molecular weight is 433 g/mol. The lowest BCUT2D eigenvalue weighted by atomic mass is 10.2. The zero-order valence-corrected chi connectivity index (χ0v) is 17.4. The van der Waals surface area contributed by atoms with Gasteiger partial charge in [0.1, 0.15) is 22.2 Å². The third-order valence-corrected chi connectivity index (χ3v) is 6.49. The Labute approximate surface area is 174 Å². The van der Waals surface area contributed by atoms with Gasteiger partial charge in [0, 0.05) is 16.7 Å². The summed E-state index contributed by atoms with van der Waals surface area (Å²) in [6.45, 7) is 2.54. The van der Waals surface area contributed by atoms with Crippen molar-refractivity contribution in [3.63, 3.8) is 0 Å². The van der Waals surface area contributed by atoms with E-state index in [2.05, 4.69) is 9.97 Å². The predicted octanol–water partition coefficient (Wildman–Crippen LogP) is 5.77. The van der Waals surface area contributed by atoms with Crippen LogP contribution in [0.5, 0.6) is 5.75 Å². The van der Waals surface area contributed by atoms with Gasteiger partial charge in [-0.3, -0.25) is 4.79 Å². The molecule has 1 unspecified atom stereocenters. The number of rotatable bonds is 7. The monoisotopic (exact) mass is 432 g/mol. The number of ether oxygens (including phenoxy) is 1. The molecule has 0 fully saturated rings. The second-order valence-electron chi connectivity index (χ2n) is 6.05. The number of para-hydroxylation sites is 1. The van der Waals surface area contributed by atoms with E-state index in [0.29, 0.717) is 39.2 Å². The lowest BCUT2D eigenvalue weighted by molar-refractivity contribution is 0.344. The molecule has 3 aromatic heterocycles. The van der Waals surface area contributed by atoms with Crippen LogP contribution in [0.3, 0.4) is 0 Å². The number of furan rings is 1. The van der Waals surface area contributed by atoms with Crippen LogP contribution >= 0.6 is 34.7 Å². The molecule has 1 aromatic carbocycles. The molecular formula is C20H17ClN2O3S2. The van der Waals surface area contributed by atoms with Crippen LogP contribution in [0.1, 0.15) is 18.0 Å². The summed E-state index contributed by atoms with van der Waals surface area (Å²) in [4.78, 5) is 20.9. The van der Waals surface area contributed by atoms with Crippen LogP contribution in [0.15, 0.2) is 57.3 Å². The highest BCUT2D eigenvalue weighted by Gasteiger charge is 2.17. The smallest absolute Gasteiger partial charge is 0.260 e. The first kappa shape index (κ1) is 19.1. The Balaban J connectivity index is 1.44. The van der Waals surface area contributed by atoms with Crippen molar-refractivity contribution in [2.45, 2.75) is 12.2 Å². The molecule has 4 aromatic rings. The fraction of sp³-hybridized carbons (Fsp3) is 0.200. The quantitative estimate of drug-likeness (QED) is 0.375. The summed E-state index contributed by atoms with van der Waals surface area (Å²) in [6.07, 6.45) is 1.60. The number of nitrogens with one attached hydrogen (secondary N) is 1. The van der Waals surface area contributed by atoms with Gasteiger partial charge in [-0.25, -0.2) is 4.98 Å². The molecule has 1 N–H and O–H groups in total. The number of aromatic amines is 1. The van der Waals surface area contributed by atoms with Crippen molar-refractivity contribution >= 4 is 44.9 Å². The number of hydrogen-bond donors (Lipinski definition) is 1. The Morgan fingerprint density at radius 3 is 2.96 bits per heavy atom. The summed E-state index contributed by atoms with van der Waals surface area (Å²) >= 11 is 9.19. The number of benzene rings is 1. The highest BCUT2D eigenvalue weighted by Crippen LogP contribution is 2.33. The van der Waals surface area contributed by atoms with Gasteiger partial charge in [-0.15, -0.1) is 23.1 Å². The molecule has 0 amide bonds. The van der Waals surface area contributed by atoms with E-state index in [1.165, 1.54) is 11.3 Å². The van der Waals surface area contributed by atoms with Gasteiger partial charge >= 0.3 is 0 Å². The minimum atomic E-state index is -0.146. The Bertz CT molecular complexity index is 1140. The Kier molecular flexibility index (Phi) is 5.75. The normalized spacial score (nSPS) is 12.4.